The third-order valence-corrected chi connectivity index (χ3v) is 3.16. The van der Waals surface area contributed by atoms with Crippen molar-refractivity contribution in [1.29, 1.82) is 0 Å². The van der Waals surface area contributed by atoms with E-state index in [1.807, 2.05) is 23.7 Å². The summed E-state index contributed by atoms with van der Waals surface area (Å²) in [4.78, 5) is 0. The molecule has 0 aliphatic rings. The Hall–Kier alpha value is -1.77. The van der Waals surface area contributed by atoms with E-state index in [1.54, 1.807) is 0 Å². The Balaban J connectivity index is 2.68. The summed E-state index contributed by atoms with van der Waals surface area (Å²) in [5.74, 6) is 0. The van der Waals surface area contributed by atoms with Crippen molar-refractivity contribution in [2.45, 2.75) is 34.2 Å². The third kappa shape index (κ3) is 1.93. The average molecular weight is 229 g/mol. The lowest BCUT2D eigenvalue weighted by molar-refractivity contribution is 0.634. The van der Waals surface area contributed by atoms with Crippen LogP contribution in [-0.4, -0.2) is 9.78 Å². The zero-order valence-electron chi connectivity index (χ0n) is 10.9. The molecule has 1 aromatic heterocycles. The summed E-state index contributed by atoms with van der Waals surface area (Å²) in [6.07, 6.45) is 0. The van der Waals surface area contributed by atoms with Crippen LogP contribution in [0.15, 0.2) is 18.2 Å². The Morgan fingerprint density at radius 3 is 2.53 bits per heavy atom. The van der Waals surface area contributed by atoms with Gasteiger partial charge in [0.25, 0.3) is 0 Å². The second-order valence-corrected chi connectivity index (χ2v) is 4.45. The predicted molar refractivity (Wildman–Crippen MR) is 72.0 cm³/mol. The molecule has 0 unspecified atom stereocenters. The van der Waals surface area contributed by atoms with Crippen molar-refractivity contribution in [3.8, 4) is 11.1 Å². The number of hydrogen-bond donors (Lipinski definition) is 1. The molecule has 0 saturated carbocycles. The molecule has 0 radical (unpaired) electrons. The minimum absolute atomic E-state index is 0.817. The summed E-state index contributed by atoms with van der Waals surface area (Å²) in [5.41, 5.74) is 12.6. The highest BCUT2D eigenvalue weighted by Gasteiger charge is 2.14. The van der Waals surface area contributed by atoms with E-state index in [1.165, 1.54) is 16.8 Å². The molecule has 0 saturated heterocycles. The molecule has 0 atom stereocenters. The summed E-state index contributed by atoms with van der Waals surface area (Å²) >= 11 is 0. The van der Waals surface area contributed by atoms with Crippen LogP contribution in [0, 0.1) is 20.8 Å². The van der Waals surface area contributed by atoms with Gasteiger partial charge in [-0.05, 0) is 39.8 Å². The maximum Gasteiger partial charge on any atom is 0.0675 e. The molecule has 0 aliphatic carbocycles. The Kier molecular flexibility index (Phi) is 2.92. The van der Waals surface area contributed by atoms with E-state index in [0.29, 0.717) is 0 Å². The van der Waals surface area contributed by atoms with Crippen LogP contribution >= 0.6 is 0 Å². The first-order valence-electron chi connectivity index (χ1n) is 5.95. The SMILES string of the molecule is CCn1nc(C)c(-c2cc(C)ccc2N)c1C. The van der Waals surface area contributed by atoms with E-state index in [4.69, 9.17) is 5.73 Å². The fourth-order valence-corrected chi connectivity index (χ4v) is 2.28. The normalized spacial score (nSPS) is 10.8. The molecule has 90 valence electrons. The molecule has 1 aromatic carbocycles. The molecular formula is C14H19N3. The van der Waals surface area contributed by atoms with Gasteiger partial charge in [-0.2, -0.15) is 5.10 Å². The van der Waals surface area contributed by atoms with E-state index >= 15 is 0 Å². The minimum Gasteiger partial charge on any atom is -0.398 e. The van der Waals surface area contributed by atoms with Crippen LogP contribution in [0.2, 0.25) is 0 Å². The van der Waals surface area contributed by atoms with Crippen molar-refractivity contribution in [1.82, 2.24) is 9.78 Å². The molecule has 0 spiro atoms. The number of aromatic nitrogens is 2. The molecule has 2 rings (SSSR count). The highest BCUT2D eigenvalue weighted by Crippen LogP contribution is 2.32. The van der Waals surface area contributed by atoms with Gasteiger partial charge in [-0.15, -0.1) is 0 Å². The highest BCUT2D eigenvalue weighted by atomic mass is 15.3. The zero-order chi connectivity index (χ0) is 12.6. The molecule has 0 fully saturated rings. The molecule has 1 heterocycles. The van der Waals surface area contributed by atoms with E-state index < -0.39 is 0 Å². The van der Waals surface area contributed by atoms with Crippen molar-refractivity contribution >= 4 is 5.69 Å². The second kappa shape index (κ2) is 4.24. The molecule has 0 amide bonds. The lowest BCUT2D eigenvalue weighted by atomic mass is 10.00. The molecule has 17 heavy (non-hydrogen) atoms. The van der Waals surface area contributed by atoms with Gasteiger partial charge in [-0.1, -0.05) is 11.6 Å². The lowest BCUT2D eigenvalue weighted by Crippen LogP contribution is -1.99. The smallest absolute Gasteiger partial charge is 0.0675 e. The molecule has 3 heteroatoms. The van der Waals surface area contributed by atoms with Gasteiger partial charge < -0.3 is 5.73 Å². The number of rotatable bonds is 2. The van der Waals surface area contributed by atoms with Crippen LogP contribution in [0.4, 0.5) is 5.69 Å². The van der Waals surface area contributed by atoms with Gasteiger partial charge in [0, 0.05) is 29.1 Å². The van der Waals surface area contributed by atoms with Gasteiger partial charge in [-0.3, -0.25) is 4.68 Å². The largest absolute Gasteiger partial charge is 0.398 e. The number of nitrogens with two attached hydrogens (primary N) is 1. The topological polar surface area (TPSA) is 43.8 Å². The standard InChI is InChI=1S/C14H19N3/c1-5-17-11(4)14(10(3)16-17)12-8-9(2)6-7-13(12)15/h6-8H,5,15H2,1-4H3. The summed E-state index contributed by atoms with van der Waals surface area (Å²) < 4.78 is 2.02. The van der Waals surface area contributed by atoms with Crippen LogP contribution in [-0.2, 0) is 6.54 Å². The summed E-state index contributed by atoms with van der Waals surface area (Å²) in [5, 5.41) is 4.54. The quantitative estimate of drug-likeness (QED) is 0.804. The first-order chi connectivity index (χ1) is 8.04. The summed E-state index contributed by atoms with van der Waals surface area (Å²) in [6, 6.07) is 6.13. The van der Waals surface area contributed by atoms with Crippen molar-refractivity contribution in [2.75, 3.05) is 5.73 Å². The Bertz CT molecular complexity index is 553. The van der Waals surface area contributed by atoms with Crippen molar-refractivity contribution < 1.29 is 0 Å². The van der Waals surface area contributed by atoms with Gasteiger partial charge in [0.1, 0.15) is 0 Å². The number of nitrogen functional groups attached to an aromatic ring is 1. The molecule has 2 aromatic rings. The van der Waals surface area contributed by atoms with E-state index in [0.717, 1.165) is 23.5 Å². The Labute approximate surface area is 102 Å². The van der Waals surface area contributed by atoms with E-state index in [9.17, 15) is 0 Å². The van der Waals surface area contributed by atoms with Crippen molar-refractivity contribution in [3.05, 3.63) is 35.2 Å². The number of nitrogens with zero attached hydrogens (tertiary/aromatic N) is 2. The Morgan fingerprint density at radius 2 is 1.94 bits per heavy atom. The molecule has 0 bridgehead atoms. The van der Waals surface area contributed by atoms with Crippen LogP contribution < -0.4 is 5.73 Å². The van der Waals surface area contributed by atoms with Crippen molar-refractivity contribution in [2.24, 2.45) is 0 Å². The molecule has 2 N–H and O–H groups in total. The molecule has 3 nitrogen and oxygen atoms in total. The van der Waals surface area contributed by atoms with Crippen LogP contribution in [0.1, 0.15) is 23.9 Å². The minimum atomic E-state index is 0.817. The van der Waals surface area contributed by atoms with Crippen LogP contribution in [0.3, 0.4) is 0 Å². The van der Waals surface area contributed by atoms with Gasteiger partial charge in [0.2, 0.25) is 0 Å². The van der Waals surface area contributed by atoms with Gasteiger partial charge in [0.15, 0.2) is 0 Å². The maximum atomic E-state index is 6.07. The monoisotopic (exact) mass is 229 g/mol. The number of benzene rings is 1. The number of hydrogen-bond acceptors (Lipinski definition) is 2. The molecular weight excluding hydrogens is 210 g/mol. The fraction of sp³-hybridized carbons (Fsp3) is 0.357. The van der Waals surface area contributed by atoms with Gasteiger partial charge in [-0.25, -0.2) is 0 Å². The summed E-state index contributed by atoms with van der Waals surface area (Å²) in [6.45, 7) is 9.20. The average Bonchev–Trinajstić information content (AvgIpc) is 2.58. The lowest BCUT2D eigenvalue weighted by Gasteiger charge is -2.08. The Morgan fingerprint density at radius 1 is 1.24 bits per heavy atom. The highest BCUT2D eigenvalue weighted by molar-refractivity contribution is 5.79. The van der Waals surface area contributed by atoms with E-state index in [2.05, 4.69) is 31.9 Å². The van der Waals surface area contributed by atoms with Gasteiger partial charge in [0.05, 0.1) is 5.69 Å². The molecule has 0 aliphatic heterocycles. The van der Waals surface area contributed by atoms with Gasteiger partial charge >= 0.3 is 0 Å². The number of aryl methyl sites for hydroxylation is 3. The van der Waals surface area contributed by atoms with Crippen LogP contribution in [0.25, 0.3) is 11.1 Å². The zero-order valence-corrected chi connectivity index (χ0v) is 10.9. The first kappa shape index (κ1) is 11.7. The third-order valence-electron chi connectivity index (χ3n) is 3.16. The van der Waals surface area contributed by atoms with E-state index in [-0.39, 0.29) is 0 Å². The van der Waals surface area contributed by atoms with Crippen LogP contribution in [0.5, 0.6) is 0 Å². The maximum absolute atomic E-state index is 6.07. The fourth-order valence-electron chi connectivity index (χ4n) is 2.28. The second-order valence-electron chi connectivity index (χ2n) is 4.45. The first-order valence-corrected chi connectivity index (χ1v) is 5.95. The summed E-state index contributed by atoms with van der Waals surface area (Å²) in [7, 11) is 0. The predicted octanol–water partition coefficient (Wildman–Crippen LogP) is 3.08. The number of anilines is 1. The van der Waals surface area contributed by atoms with Crippen molar-refractivity contribution in [3.63, 3.8) is 0 Å².